The van der Waals surface area contributed by atoms with Crippen molar-refractivity contribution in [3.8, 4) is 5.75 Å². The number of nitrogens with zero attached hydrogens (tertiary/aromatic N) is 1. The highest BCUT2D eigenvalue weighted by Crippen LogP contribution is 2.33. The molecule has 1 atom stereocenters. The SMILES string of the molecule is O=C(NC1CCCCC1)C(Cc1ccccc1)N(Cc1ccc(Br)cc1)C(=O)COc1ccc2ccccc2c1Br. The second kappa shape index (κ2) is 14.1. The number of fused-ring (bicyclic) bond motifs is 1. The van der Waals surface area contributed by atoms with E-state index in [2.05, 4.69) is 37.2 Å². The number of benzene rings is 4. The second-order valence-corrected chi connectivity index (χ2v) is 12.3. The summed E-state index contributed by atoms with van der Waals surface area (Å²) in [6.07, 6.45) is 5.80. The summed E-state index contributed by atoms with van der Waals surface area (Å²) in [6, 6.07) is 29.1. The van der Waals surface area contributed by atoms with Gasteiger partial charge >= 0.3 is 0 Å². The molecule has 4 aromatic rings. The van der Waals surface area contributed by atoms with Gasteiger partial charge in [-0.15, -0.1) is 0 Å². The van der Waals surface area contributed by atoms with Gasteiger partial charge in [0.1, 0.15) is 11.8 Å². The van der Waals surface area contributed by atoms with Gasteiger partial charge in [-0.3, -0.25) is 9.59 Å². The quantitative estimate of drug-likeness (QED) is 0.186. The zero-order valence-corrected chi connectivity index (χ0v) is 26.1. The molecule has 5 rings (SSSR count). The summed E-state index contributed by atoms with van der Waals surface area (Å²) < 4.78 is 7.86. The number of nitrogens with one attached hydrogen (secondary N) is 1. The molecular formula is C34H34Br2N2O3. The molecule has 7 heteroatoms. The minimum Gasteiger partial charge on any atom is -0.483 e. The highest BCUT2D eigenvalue weighted by molar-refractivity contribution is 9.11. The zero-order valence-electron chi connectivity index (χ0n) is 22.9. The first-order chi connectivity index (χ1) is 20.0. The molecule has 4 aromatic carbocycles. The standard InChI is InChI=1S/C34H34Br2N2O3/c35-27-18-15-25(16-19-27)22-38(32(39)23-41-31-20-17-26-11-7-8-14-29(26)33(31)36)30(21-24-9-3-1-4-10-24)34(40)37-28-12-5-2-6-13-28/h1,3-4,7-11,14-20,28,30H,2,5-6,12-13,21-23H2,(H,37,40). The smallest absolute Gasteiger partial charge is 0.261 e. The summed E-state index contributed by atoms with van der Waals surface area (Å²) >= 11 is 7.16. The fraction of sp³-hybridized carbons (Fsp3) is 0.294. The van der Waals surface area contributed by atoms with E-state index in [-0.39, 0.29) is 24.5 Å². The fourth-order valence-corrected chi connectivity index (χ4v) is 6.30. The van der Waals surface area contributed by atoms with Crippen molar-refractivity contribution < 1.29 is 14.3 Å². The molecule has 2 amide bonds. The van der Waals surface area contributed by atoms with Gasteiger partial charge < -0.3 is 15.0 Å². The first-order valence-corrected chi connectivity index (χ1v) is 15.7. The molecule has 0 aromatic heterocycles. The summed E-state index contributed by atoms with van der Waals surface area (Å²) in [5, 5.41) is 5.38. The fourth-order valence-electron chi connectivity index (χ4n) is 5.43. The predicted molar refractivity (Wildman–Crippen MR) is 171 cm³/mol. The molecule has 0 spiro atoms. The average molecular weight is 678 g/mol. The molecule has 0 saturated heterocycles. The Balaban J connectivity index is 1.42. The number of amides is 2. The Morgan fingerprint density at radius 2 is 1.54 bits per heavy atom. The van der Waals surface area contributed by atoms with Gasteiger partial charge in [0.05, 0.1) is 4.47 Å². The minimum atomic E-state index is -0.681. The first kappa shape index (κ1) is 29.3. The maximum absolute atomic E-state index is 14.0. The van der Waals surface area contributed by atoms with E-state index in [1.807, 2.05) is 91.0 Å². The average Bonchev–Trinajstić information content (AvgIpc) is 3.00. The van der Waals surface area contributed by atoms with Gasteiger partial charge in [-0.2, -0.15) is 0 Å². The number of hydrogen-bond acceptors (Lipinski definition) is 3. The van der Waals surface area contributed by atoms with E-state index in [0.717, 1.165) is 56.5 Å². The highest BCUT2D eigenvalue weighted by atomic mass is 79.9. The van der Waals surface area contributed by atoms with E-state index in [4.69, 9.17) is 4.74 Å². The van der Waals surface area contributed by atoms with E-state index in [9.17, 15) is 9.59 Å². The number of halogens is 2. The number of hydrogen-bond donors (Lipinski definition) is 1. The third kappa shape index (κ3) is 7.77. The molecule has 1 saturated carbocycles. The summed E-state index contributed by atoms with van der Waals surface area (Å²) in [4.78, 5) is 29.6. The molecule has 1 aliphatic carbocycles. The van der Waals surface area contributed by atoms with Crippen LogP contribution in [-0.4, -0.2) is 35.4 Å². The predicted octanol–water partition coefficient (Wildman–Crippen LogP) is 7.83. The monoisotopic (exact) mass is 676 g/mol. The molecule has 1 unspecified atom stereocenters. The lowest BCUT2D eigenvalue weighted by Gasteiger charge is -2.33. The van der Waals surface area contributed by atoms with Gasteiger partial charge in [-0.1, -0.05) is 108 Å². The van der Waals surface area contributed by atoms with E-state index in [1.54, 1.807) is 4.90 Å². The van der Waals surface area contributed by atoms with Crippen molar-refractivity contribution in [1.82, 2.24) is 10.2 Å². The molecular weight excluding hydrogens is 644 g/mol. The molecule has 1 aliphatic rings. The van der Waals surface area contributed by atoms with Gasteiger partial charge in [0.15, 0.2) is 6.61 Å². The van der Waals surface area contributed by atoms with Crippen LogP contribution in [-0.2, 0) is 22.6 Å². The van der Waals surface area contributed by atoms with Crippen molar-refractivity contribution in [3.63, 3.8) is 0 Å². The first-order valence-electron chi connectivity index (χ1n) is 14.2. The Kier molecular flexibility index (Phi) is 10.1. The maximum atomic E-state index is 14.0. The Labute approximate surface area is 258 Å². The van der Waals surface area contributed by atoms with Crippen molar-refractivity contribution >= 4 is 54.4 Å². The lowest BCUT2D eigenvalue weighted by molar-refractivity contribution is -0.143. The topological polar surface area (TPSA) is 58.6 Å². The molecule has 1 N–H and O–H groups in total. The zero-order chi connectivity index (χ0) is 28.6. The Morgan fingerprint density at radius 3 is 2.29 bits per heavy atom. The van der Waals surface area contributed by atoms with Crippen LogP contribution >= 0.6 is 31.9 Å². The minimum absolute atomic E-state index is 0.113. The van der Waals surface area contributed by atoms with Crippen LogP contribution in [0.25, 0.3) is 10.8 Å². The maximum Gasteiger partial charge on any atom is 0.261 e. The van der Waals surface area contributed by atoms with Gasteiger partial charge in [0.25, 0.3) is 5.91 Å². The second-order valence-electron chi connectivity index (χ2n) is 10.6. The van der Waals surface area contributed by atoms with Crippen molar-refractivity contribution in [3.05, 3.63) is 111 Å². The van der Waals surface area contributed by atoms with Crippen molar-refractivity contribution in [2.24, 2.45) is 0 Å². The number of carbonyl (C=O) groups is 2. The van der Waals surface area contributed by atoms with Crippen molar-refractivity contribution in [2.75, 3.05) is 6.61 Å². The lowest BCUT2D eigenvalue weighted by Crippen LogP contribution is -2.53. The van der Waals surface area contributed by atoms with Gasteiger partial charge in [0, 0.05) is 23.5 Å². The van der Waals surface area contributed by atoms with Crippen LogP contribution in [0, 0.1) is 0 Å². The van der Waals surface area contributed by atoms with Crippen LogP contribution in [0.3, 0.4) is 0 Å². The summed E-state index contributed by atoms with van der Waals surface area (Å²) in [5.41, 5.74) is 1.94. The highest BCUT2D eigenvalue weighted by Gasteiger charge is 2.32. The largest absolute Gasteiger partial charge is 0.483 e. The third-order valence-corrected chi connectivity index (χ3v) is 9.01. The van der Waals surface area contributed by atoms with Gasteiger partial charge in [-0.05, 0) is 68.9 Å². The third-order valence-electron chi connectivity index (χ3n) is 7.67. The number of ether oxygens (including phenoxy) is 1. The summed E-state index contributed by atoms with van der Waals surface area (Å²) in [7, 11) is 0. The van der Waals surface area contributed by atoms with Crippen LogP contribution in [0.1, 0.15) is 43.2 Å². The van der Waals surface area contributed by atoms with E-state index in [1.165, 1.54) is 6.42 Å². The van der Waals surface area contributed by atoms with Crippen LogP contribution in [0.4, 0.5) is 0 Å². The molecule has 41 heavy (non-hydrogen) atoms. The summed E-state index contributed by atoms with van der Waals surface area (Å²) in [5.74, 6) is 0.234. The van der Waals surface area contributed by atoms with Crippen molar-refractivity contribution in [2.45, 2.75) is 57.2 Å². The molecule has 0 radical (unpaired) electrons. The molecule has 1 fully saturated rings. The molecule has 0 bridgehead atoms. The molecule has 0 heterocycles. The van der Waals surface area contributed by atoms with Crippen LogP contribution in [0.15, 0.2) is 99.9 Å². The molecule has 5 nitrogen and oxygen atoms in total. The van der Waals surface area contributed by atoms with E-state index >= 15 is 0 Å². The van der Waals surface area contributed by atoms with Gasteiger partial charge in [-0.25, -0.2) is 0 Å². The van der Waals surface area contributed by atoms with Crippen LogP contribution < -0.4 is 10.1 Å². The van der Waals surface area contributed by atoms with Gasteiger partial charge in [0.2, 0.25) is 5.91 Å². The van der Waals surface area contributed by atoms with Crippen molar-refractivity contribution in [1.29, 1.82) is 0 Å². The Hall–Kier alpha value is -3.16. The van der Waals surface area contributed by atoms with Crippen LogP contribution in [0.5, 0.6) is 5.75 Å². The van der Waals surface area contributed by atoms with E-state index < -0.39 is 6.04 Å². The number of rotatable bonds is 10. The Bertz CT molecular complexity index is 1470. The number of carbonyl (C=O) groups excluding carboxylic acids is 2. The normalized spacial score (nSPS) is 14.4. The summed E-state index contributed by atoms with van der Waals surface area (Å²) in [6.45, 7) is 0.111. The van der Waals surface area contributed by atoms with Crippen LogP contribution in [0.2, 0.25) is 0 Å². The molecule has 212 valence electrons. The lowest BCUT2D eigenvalue weighted by atomic mass is 9.94. The molecule has 0 aliphatic heterocycles. The van der Waals surface area contributed by atoms with E-state index in [0.29, 0.717) is 18.7 Å². The Morgan fingerprint density at radius 1 is 0.829 bits per heavy atom.